The molecule has 1 aliphatic heterocycles. The molecule has 5 heteroatoms. The van der Waals surface area contributed by atoms with Crippen molar-refractivity contribution in [3.05, 3.63) is 29.6 Å². The van der Waals surface area contributed by atoms with E-state index >= 15 is 0 Å². The van der Waals surface area contributed by atoms with E-state index in [0.717, 1.165) is 5.17 Å². The molecule has 1 unspecified atom stereocenters. The number of quaternary nitrogens is 1. The van der Waals surface area contributed by atoms with Crippen molar-refractivity contribution in [2.75, 3.05) is 34.7 Å². The van der Waals surface area contributed by atoms with Crippen molar-refractivity contribution in [3.63, 3.8) is 0 Å². The standard InChI is InChI=1S/C10H18N3OS/c1-11(2)10(12(3)4)15-13(14)8-6-5-7-9-13/h5-8H,9H2,1-4H3/q+1. The first-order chi connectivity index (χ1) is 6.94. The van der Waals surface area contributed by atoms with Crippen molar-refractivity contribution < 1.29 is 8.63 Å². The topological polar surface area (TPSA) is 29.3 Å². The number of amidine groups is 1. The van der Waals surface area contributed by atoms with Gasteiger partial charge in [-0.25, -0.2) is 0 Å². The lowest BCUT2D eigenvalue weighted by atomic mass is 10.4. The zero-order valence-electron chi connectivity index (χ0n) is 9.67. The molecule has 0 saturated heterocycles. The molecule has 1 atom stereocenters. The molecular formula is C10H18N3OS+. The van der Waals surface area contributed by atoms with Crippen LogP contribution in [-0.2, 0) is 0 Å². The number of hydroxylamine groups is 2. The van der Waals surface area contributed by atoms with Crippen LogP contribution in [0.2, 0.25) is 0 Å². The normalized spacial score (nSPS) is 24.1. The van der Waals surface area contributed by atoms with Gasteiger partial charge in [-0.1, -0.05) is 6.08 Å². The molecule has 1 heterocycles. The highest BCUT2D eigenvalue weighted by atomic mass is 32.2. The van der Waals surface area contributed by atoms with Crippen molar-refractivity contribution in [2.24, 2.45) is 0 Å². The SMILES string of the molecule is CN(C)C(S[N+]1([O-])C=CC=CC1)=[N+](C)C. The van der Waals surface area contributed by atoms with Gasteiger partial charge in [-0.05, 0) is 12.2 Å². The average molecular weight is 228 g/mol. The van der Waals surface area contributed by atoms with Crippen molar-refractivity contribution in [1.29, 1.82) is 0 Å². The monoisotopic (exact) mass is 228 g/mol. The van der Waals surface area contributed by atoms with Gasteiger partial charge in [-0.2, -0.15) is 0 Å². The maximum absolute atomic E-state index is 12.2. The molecule has 1 aliphatic rings. The maximum atomic E-state index is 12.2. The summed E-state index contributed by atoms with van der Waals surface area (Å²) >= 11 is 1.30. The molecular weight excluding hydrogens is 210 g/mol. The van der Waals surface area contributed by atoms with Gasteiger partial charge in [-0.15, -0.1) is 0 Å². The van der Waals surface area contributed by atoms with Gasteiger partial charge in [0.1, 0.15) is 12.7 Å². The summed E-state index contributed by atoms with van der Waals surface area (Å²) in [5, 5.41) is 13.2. The van der Waals surface area contributed by atoms with Crippen LogP contribution in [-0.4, -0.2) is 53.4 Å². The summed E-state index contributed by atoms with van der Waals surface area (Å²) in [5.74, 6) is 0. The van der Waals surface area contributed by atoms with E-state index in [4.69, 9.17) is 0 Å². The van der Waals surface area contributed by atoms with Crippen LogP contribution in [0.15, 0.2) is 24.4 Å². The molecule has 0 N–H and O–H groups in total. The van der Waals surface area contributed by atoms with Gasteiger partial charge >= 0.3 is 5.17 Å². The molecule has 0 aliphatic carbocycles. The predicted octanol–water partition coefficient (Wildman–Crippen LogP) is 1.22. The second-order valence-electron chi connectivity index (χ2n) is 3.84. The number of nitrogens with zero attached hydrogens (tertiary/aromatic N) is 3. The summed E-state index contributed by atoms with van der Waals surface area (Å²) < 4.78 is 1.57. The Hall–Kier alpha value is -0.780. The summed E-state index contributed by atoms with van der Waals surface area (Å²) in [6.45, 7) is 0.479. The summed E-state index contributed by atoms with van der Waals surface area (Å²) in [6.07, 6.45) is 7.26. The van der Waals surface area contributed by atoms with Crippen LogP contribution in [0.25, 0.3) is 0 Å². The number of rotatable bonds is 1. The molecule has 0 aromatic rings. The first-order valence-electron chi connectivity index (χ1n) is 4.79. The summed E-state index contributed by atoms with van der Waals surface area (Å²) in [5.41, 5.74) is 0. The van der Waals surface area contributed by atoms with Gasteiger partial charge < -0.3 is 5.21 Å². The van der Waals surface area contributed by atoms with Crippen molar-refractivity contribution in [3.8, 4) is 0 Å². The van der Waals surface area contributed by atoms with E-state index in [1.54, 1.807) is 12.3 Å². The smallest absolute Gasteiger partial charge is 0.366 e. The van der Waals surface area contributed by atoms with Crippen LogP contribution in [0, 0.1) is 5.21 Å². The minimum absolute atomic E-state index is 0.387. The zero-order valence-corrected chi connectivity index (χ0v) is 10.5. The third-order valence-electron chi connectivity index (χ3n) is 1.92. The lowest BCUT2D eigenvalue weighted by Crippen LogP contribution is -2.37. The summed E-state index contributed by atoms with van der Waals surface area (Å²) in [7, 11) is 7.77. The second-order valence-corrected chi connectivity index (χ2v) is 5.01. The van der Waals surface area contributed by atoms with Crippen LogP contribution in [0.5, 0.6) is 0 Å². The van der Waals surface area contributed by atoms with Crippen LogP contribution in [0.3, 0.4) is 0 Å². The third-order valence-corrected chi connectivity index (χ3v) is 3.40. The highest BCUT2D eigenvalue weighted by Crippen LogP contribution is 2.26. The Morgan fingerprint density at radius 2 is 2.07 bits per heavy atom. The molecule has 84 valence electrons. The molecule has 0 bridgehead atoms. The minimum Gasteiger partial charge on any atom is -0.614 e. The quantitative estimate of drug-likeness (QED) is 0.169. The molecule has 0 aromatic carbocycles. The van der Waals surface area contributed by atoms with Crippen molar-refractivity contribution in [2.45, 2.75) is 0 Å². The van der Waals surface area contributed by atoms with Gasteiger partial charge in [0.25, 0.3) is 0 Å². The fraction of sp³-hybridized carbons (Fsp3) is 0.500. The molecule has 0 spiro atoms. The van der Waals surface area contributed by atoms with Crippen LogP contribution < -0.4 is 0 Å². The van der Waals surface area contributed by atoms with E-state index < -0.39 is 0 Å². The van der Waals surface area contributed by atoms with E-state index in [0.29, 0.717) is 6.54 Å². The van der Waals surface area contributed by atoms with Crippen molar-refractivity contribution >= 4 is 17.1 Å². The van der Waals surface area contributed by atoms with Crippen LogP contribution >= 0.6 is 11.9 Å². The molecule has 0 amide bonds. The Kier molecular flexibility index (Phi) is 3.96. The zero-order chi connectivity index (χ0) is 11.5. The Morgan fingerprint density at radius 3 is 2.47 bits per heavy atom. The molecule has 15 heavy (non-hydrogen) atoms. The maximum Gasteiger partial charge on any atom is 0.366 e. The first-order valence-corrected chi connectivity index (χ1v) is 5.56. The number of allylic oxidation sites excluding steroid dienone is 2. The second kappa shape index (κ2) is 4.83. The largest absolute Gasteiger partial charge is 0.614 e. The Bertz CT molecular complexity index is 319. The van der Waals surface area contributed by atoms with E-state index in [1.165, 1.54) is 11.9 Å². The van der Waals surface area contributed by atoms with Crippen LogP contribution in [0.4, 0.5) is 0 Å². The lowest BCUT2D eigenvalue weighted by Gasteiger charge is -2.35. The van der Waals surface area contributed by atoms with E-state index in [-0.39, 0.29) is 4.05 Å². The highest BCUT2D eigenvalue weighted by Gasteiger charge is 2.27. The highest BCUT2D eigenvalue weighted by molar-refractivity contribution is 8.08. The minimum atomic E-state index is -0.387. The molecule has 4 nitrogen and oxygen atoms in total. The van der Waals surface area contributed by atoms with Gasteiger partial charge in [0, 0.05) is 0 Å². The Balaban J connectivity index is 2.80. The van der Waals surface area contributed by atoms with Crippen LogP contribution in [0.1, 0.15) is 0 Å². The fourth-order valence-corrected chi connectivity index (χ4v) is 2.19. The van der Waals surface area contributed by atoms with Gasteiger partial charge in [0.15, 0.2) is 0 Å². The van der Waals surface area contributed by atoms with Gasteiger partial charge in [0.2, 0.25) is 11.9 Å². The molecule has 0 fully saturated rings. The van der Waals surface area contributed by atoms with E-state index in [1.807, 2.05) is 49.8 Å². The predicted molar refractivity (Wildman–Crippen MR) is 65.2 cm³/mol. The number of hydrogen-bond acceptors (Lipinski definition) is 2. The molecule has 0 aromatic heterocycles. The molecule has 0 radical (unpaired) electrons. The molecule has 1 rings (SSSR count). The van der Waals surface area contributed by atoms with Gasteiger partial charge in [-0.3, -0.25) is 13.5 Å². The van der Waals surface area contributed by atoms with E-state index in [9.17, 15) is 5.21 Å². The Labute approximate surface area is 95.5 Å². The number of hydrogen-bond donors (Lipinski definition) is 0. The van der Waals surface area contributed by atoms with Gasteiger partial charge in [0.05, 0.1) is 28.2 Å². The lowest BCUT2D eigenvalue weighted by molar-refractivity contribution is -0.673. The summed E-state index contributed by atoms with van der Waals surface area (Å²) in [4.78, 5) is 1.95. The summed E-state index contributed by atoms with van der Waals surface area (Å²) in [6, 6.07) is 0. The van der Waals surface area contributed by atoms with E-state index in [2.05, 4.69) is 0 Å². The molecule has 0 saturated carbocycles. The average Bonchev–Trinajstić information content (AvgIpc) is 2.14. The Morgan fingerprint density at radius 1 is 1.40 bits per heavy atom. The third kappa shape index (κ3) is 3.37. The first kappa shape index (κ1) is 12.3. The fourth-order valence-electron chi connectivity index (χ4n) is 1.30. The van der Waals surface area contributed by atoms with Crippen molar-refractivity contribution in [1.82, 2.24) is 4.90 Å².